The fourth-order valence-electron chi connectivity index (χ4n) is 9.79. The van der Waals surface area contributed by atoms with Crippen molar-refractivity contribution in [2.24, 2.45) is 0 Å². The van der Waals surface area contributed by atoms with Crippen molar-refractivity contribution in [2.45, 2.75) is 41.1 Å². The number of benzene rings is 5. The average molecular weight is 1620 g/mol. The maximum atomic E-state index is 15.2. The Bertz CT molecular complexity index is 3780. The molecule has 0 radical (unpaired) electrons. The molecule has 34 heteroatoms. The standard InChI is InChI=1S/C36H33F2N3O10S2.C22H25Br2F2NO8.C11H13NO2S/c37-27-19-24(20-28(38)30(27)51-18-17-50-21-29(42)43)41-35(46)31(52-25-5-1-22(2-6-25)33(44)39-9-13-48-14-10-39)32(36(41)47)53-26-7-3-23(4-8-26)34(45)40-11-15-49-16-12-40;1-22(2,3)35-16(28)12-33-7-6-31-4-5-32-8-9-34-19-14(25)10-13(11-15(19)26)27-20(29)17(23)18(24)21(27)30;13-11(12-5-7-14-8-6-12)9-1-3-10(15)4-2-9/h1-8,19-20H,9-18,21H2,(H,42,43);10-11H,4-9,12H2,1-3H3;1-4,15H,5-8H2. The van der Waals surface area contributed by atoms with Crippen LogP contribution < -0.4 is 19.3 Å². The van der Waals surface area contributed by atoms with Gasteiger partial charge in [0.15, 0.2) is 34.8 Å². The number of hydrogen-bond acceptors (Lipinski definition) is 22. The lowest BCUT2D eigenvalue weighted by atomic mass is 10.2. The average Bonchev–Trinajstić information content (AvgIpc) is 1.67. The number of carbonyl (C=O) groups is 9. The first-order valence-corrected chi connectivity index (χ1v) is 35.5. The lowest BCUT2D eigenvalue weighted by molar-refractivity contribution is -0.160. The zero-order chi connectivity index (χ0) is 74.3. The van der Waals surface area contributed by atoms with Gasteiger partial charge in [-0.25, -0.2) is 37.0 Å². The minimum atomic E-state index is -1.22. The number of thiol groups is 1. The van der Waals surface area contributed by atoms with Crippen LogP contribution in [0.3, 0.4) is 0 Å². The summed E-state index contributed by atoms with van der Waals surface area (Å²) in [6, 6.07) is 23.6. The number of rotatable bonds is 27. The predicted octanol–water partition coefficient (Wildman–Crippen LogP) is 9.12. The van der Waals surface area contributed by atoms with Gasteiger partial charge in [-0.2, -0.15) is 0 Å². The summed E-state index contributed by atoms with van der Waals surface area (Å²) in [6.07, 6.45) is 0. The minimum absolute atomic E-state index is 0.0163. The van der Waals surface area contributed by atoms with Crippen molar-refractivity contribution < 1.29 is 113 Å². The van der Waals surface area contributed by atoms with E-state index in [4.69, 9.17) is 52.5 Å². The summed E-state index contributed by atoms with van der Waals surface area (Å²) in [5, 5.41) is 8.66. The second-order valence-electron chi connectivity index (χ2n) is 23.2. The number of carboxylic acids is 1. The molecule has 0 bridgehead atoms. The summed E-state index contributed by atoms with van der Waals surface area (Å²) in [4.78, 5) is 121. The summed E-state index contributed by atoms with van der Waals surface area (Å²) in [7, 11) is 0. The highest BCUT2D eigenvalue weighted by atomic mass is 79.9. The Kier molecular flexibility index (Phi) is 31.0. The van der Waals surface area contributed by atoms with E-state index in [1.54, 1.807) is 91.2 Å². The third-order valence-corrected chi connectivity index (χ3v) is 19.3. The molecule has 5 aliphatic heterocycles. The number of esters is 1. The van der Waals surface area contributed by atoms with Crippen molar-refractivity contribution in [3.05, 3.63) is 156 Å². The Morgan fingerprint density at radius 3 is 1.14 bits per heavy atom. The maximum absolute atomic E-state index is 15.2. The van der Waals surface area contributed by atoms with Crippen LogP contribution in [0, 0.1) is 23.3 Å². The van der Waals surface area contributed by atoms with E-state index in [-0.39, 0.29) is 107 Å². The quantitative estimate of drug-likeness (QED) is 0.0163. The molecule has 25 nitrogen and oxygen atoms in total. The monoisotopic (exact) mass is 1620 g/mol. The molecule has 103 heavy (non-hydrogen) atoms. The van der Waals surface area contributed by atoms with Crippen molar-refractivity contribution in [1.29, 1.82) is 0 Å². The molecule has 0 aromatic heterocycles. The van der Waals surface area contributed by atoms with Crippen LogP contribution in [-0.2, 0) is 66.7 Å². The van der Waals surface area contributed by atoms with E-state index in [2.05, 4.69) is 44.5 Å². The Labute approximate surface area is 619 Å². The highest BCUT2D eigenvalue weighted by molar-refractivity contribution is 9.14. The first-order chi connectivity index (χ1) is 49.3. The van der Waals surface area contributed by atoms with Crippen LogP contribution in [0.2, 0.25) is 0 Å². The molecule has 3 fully saturated rings. The van der Waals surface area contributed by atoms with Crippen molar-refractivity contribution in [1.82, 2.24) is 14.7 Å². The van der Waals surface area contributed by atoms with Gasteiger partial charge in [-0.1, -0.05) is 23.5 Å². The summed E-state index contributed by atoms with van der Waals surface area (Å²) in [6.45, 7) is 10.9. The molecule has 3 saturated heterocycles. The molecule has 7 amide bonds. The number of hydrogen-bond donors (Lipinski definition) is 2. The normalized spacial score (nSPS) is 15.7. The third kappa shape index (κ3) is 23.4. The Balaban J connectivity index is 0.000000229. The number of aliphatic carboxylic acids is 1. The fraction of sp³-hybridized carbons (Fsp3) is 0.377. The number of imide groups is 2. The summed E-state index contributed by atoms with van der Waals surface area (Å²) >= 11 is 12.0. The molecule has 0 aliphatic carbocycles. The Hall–Kier alpha value is -7.74. The van der Waals surface area contributed by atoms with Gasteiger partial charge in [-0.05, 0) is 125 Å². The van der Waals surface area contributed by atoms with Crippen LogP contribution >= 0.6 is 68.0 Å². The van der Waals surface area contributed by atoms with Crippen molar-refractivity contribution in [2.75, 3.05) is 155 Å². The van der Waals surface area contributed by atoms with E-state index < -0.39 is 82.5 Å². The van der Waals surface area contributed by atoms with Gasteiger partial charge in [0.2, 0.25) is 0 Å². The lowest BCUT2D eigenvalue weighted by Gasteiger charge is -2.26. The van der Waals surface area contributed by atoms with Gasteiger partial charge in [0, 0.05) is 94.9 Å². The number of halogens is 6. The molecule has 0 atom stereocenters. The Morgan fingerprint density at radius 1 is 0.476 bits per heavy atom. The van der Waals surface area contributed by atoms with E-state index in [1.807, 2.05) is 17.0 Å². The molecule has 5 aliphatic rings. The number of anilines is 2. The van der Waals surface area contributed by atoms with Crippen LogP contribution in [0.15, 0.2) is 131 Å². The maximum Gasteiger partial charge on any atom is 0.332 e. The lowest BCUT2D eigenvalue weighted by Crippen LogP contribution is -2.40. The van der Waals surface area contributed by atoms with Gasteiger partial charge < -0.3 is 67.2 Å². The minimum Gasteiger partial charge on any atom is -0.485 e. The number of amides is 7. The number of carboxylic acid groups (broad SMARTS) is 1. The second kappa shape index (κ2) is 39.4. The first-order valence-electron chi connectivity index (χ1n) is 31.8. The summed E-state index contributed by atoms with van der Waals surface area (Å²) < 4.78 is 111. The van der Waals surface area contributed by atoms with Crippen LogP contribution in [0.25, 0.3) is 0 Å². The fourth-order valence-corrected chi connectivity index (χ4v) is 12.6. The van der Waals surface area contributed by atoms with Crippen LogP contribution in [-0.4, -0.2) is 224 Å². The molecule has 0 saturated carbocycles. The van der Waals surface area contributed by atoms with Crippen molar-refractivity contribution in [3.8, 4) is 11.5 Å². The molecule has 0 unspecified atom stereocenters. The number of morpholine rings is 3. The van der Waals surface area contributed by atoms with Gasteiger partial charge in [0.25, 0.3) is 41.4 Å². The van der Waals surface area contributed by atoms with E-state index in [1.165, 1.54) is 0 Å². The van der Waals surface area contributed by atoms with E-state index in [0.717, 1.165) is 58.2 Å². The molecule has 5 heterocycles. The SMILES string of the molecule is CC(C)(C)OC(=O)COCCOCCOCCOc1c(F)cc(N2C(=O)C(Br)=C(Br)C2=O)cc1F.O=C(O)COCCOc1c(F)cc(N2C(=O)C(Sc3ccc(C(=O)N4CCOCC4)cc3)=C(Sc3ccc(C(=O)N4CCOCC4)cc3)C2=O)cc1F.O=C(c1ccc(S)cc1)N1CCOCC1. The molecule has 1 N–H and O–H groups in total. The van der Waals surface area contributed by atoms with Crippen LogP contribution in [0.4, 0.5) is 28.9 Å². The molecule has 10 rings (SSSR count). The topological polar surface area (TPSA) is 282 Å². The number of thioether (sulfide) groups is 2. The molecule has 5 aromatic carbocycles. The van der Waals surface area contributed by atoms with Crippen molar-refractivity contribution >= 4 is 133 Å². The molecule has 5 aromatic rings. The first kappa shape index (κ1) is 80.9. The smallest absolute Gasteiger partial charge is 0.332 e. The predicted molar refractivity (Wildman–Crippen MR) is 376 cm³/mol. The third-order valence-electron chi connectivity index (χ3n) is 14.7. The van der Waals surface area contributed by atoms with Gasteiger partial charge in [0.05, 0.1) is 100 Å². The zero-order valence-corrected chi connectivity index (χ0v) is 61.5. The van der Waals surface area contributed by atoms with Gasteiger partial charge in [0.1, 0.15) is 41.0 Å². The van der Waals surface area contributed by atoms with Gasteiger partial charge in [-0.3, -0.25) is 33.6 Å². The van der Waals surface area contributed by atoms with Crippen LogP contribution in [0.1, 0.15) is 51.8 Å². The van der Waals surface area contributed by atoms with Crippen molar-refractivity contribution in [3.63, 3.8) is 0 Å². The molecule has 552 valence electrons. The second-order valence-corrected chi connectivity index (χ2v) is 27.4. The molecular weight excluding hydrogens is 1550 g/mol. The summed E-state index contributed by atoms with van der Waals surface area (Å²) in [5.74, 6) is -11.1. The molecular formula is C69H71Br2F4N5O20S3. The van der Waals surface area contributed by atoms with E-state index >= 15 is 8.78 Å². The highest BCUT2D eigenvalue weighted by Gasteiger charge is 2.42. The summed E-state index contributed by atoms with van der Waals surface area (Å²) in [5.41, 5.74) is 0.371. The number of carbonyl (C=O) groups excluding carboxylic acids is 8. The Morgan fingerprint density at radius 2 is 0.786 bits per heavy atom. The van der Waals surface area contributed by atoms with Gasteiger partial charge in [-0.15, -0.1) is 12.6 Å². The van der Waals surface area contributed by atoms with E-state index in [0.29, 0.717) is 110 Å². The highest BCUT2D eigenvalue weighted by Crippen LogP contribution is 2.45. The van der Waals surface area contributed by atoms with E-state index in [9.17, 15) is 51.9 Å². The molecule has 0 spiro atoms. The largest absolute Gasteiger partial charge is 0.485 e. The number of nitrogens with zero attached hydrogens (tertiary/aromatic N) is 5. The van der Waals surface area contributed by atoms with Gasteiger partial charge >= 0.3 is 11.9 Å². The van der Waals surface area contributed by atoms with Crippen LogP contribution in [0.5, 0.6) is 11.5 Å². The zero-order valence-electron chi connectivity index (χ0n) is 55.8. The number of ether oxygens (including phenoxy) is 10.